The number of nitrogens with zero attached hydrogens (tertiary/aromatic N) is 1. The summed E-state index contributed by atoms with van der Waals surface area (Å²) >= 11 is 0. The molecule has 0 radical (unpaired) electrons. The Bertz CT molecular complexity index is 686. The lowest BCUT2D eigenvalue weighted by Gasteiger charge is -2.19. The van der Waals surface area contributed by atoms with Crippen LogP contribution in [0.5, 0.6) is 0 Å². The molecule has 1 amide bonds. The summed E-state index contributed by atoms with van der Waals surface area (Å²) in [5.41, 5.74) is 6.41. The van der Waals surface area contributed by atoms with Crippen molar-refractivity contribution in [1.29, 1.82) is 0 Å². The lowest BCUT2D eigenvalue weighted by Crippen LogP contribution is -2.26. The van der Waals surface area contributed by atoms with Gasteiger partial charge in [0.1, 0.15) is 0 Å². The third kappa shape index (κ3) is 2.64. The van der Waals surface area contributed by atoms with Gasteiger partial charge in [-0.15, -0.1) is 0 Å². The fourth-order valence-corrected chi connectivity index (χ4v) is 2.89. The van der Waals surface area contributed by atoms with Gasteiger partial charge in [-0.3, -0.25) is 4.79 Å². The molecule has 3 nitrogen and oxygen atoms in total. The van der Waals surface area contributed by atoms with E-state index in [1.807, 2.05) is 37.4 Å². The van der Waals surface area contributed by atoms with E-state index >= 15 is 0 Å². The van der Waals surface area contributed by atoms with Crippen molar-refractivity contribution in [3.8, 4) is 0 Å². The number of carbonyl (C=O) groups excluding carboxylic acids is 1. The molecular formula is C18H20N2O. The summed E-state index contributed by atoms with van der Waals surface area (Å²) in [7, 11) is 1.84. The third-order valence-corrected chi connectivity index (χ3v) is 3.96. The van der Waals surface area contributed by atoms with Crippen LogP contribution in [0, 0.1) is 13.8 Å². The van der Waals surface area contributed by atoms with E-state index in [0.717, 1.165) is 29.9 Å². The topological polar surface area (TPSA) is 32.3 Å². The average Bonchev–Trinajstić information content (AvgIpc) is 2.92. The van der Waals surface area contributed by atoms with E-state index in [2.05, 4.69) is 25.2 Å². The standard InChI is InChI=1S/C18H20N2O/c1-12-8-13(2)10-16(9-12)20(3)18(21)15-4-5-17-14(11-15)6-7-19-17/h4-5,8-11,19H,6-7H2,1-3H3. The first-order chi connectivity index (χ1) is 10.0. The second-order valence-electron chi connectivity index (χ2n) is 5.76. The van der Waals surface area contributed by atoms with Crippen molar-refractivity contribution in [2.45, 2.75) is 20.3 Å². The molecule has 2 aromatic carbocycles. The molecule has 2 aromatic rings. The maximum Gasteiger partial charge on any atom is 0.258 e. The van der Waals surface area contributed by atoms with Crippen LogP contribution in [0.3, 0.4) is 0 Å². The van der Waals surface area contributed by atoms with Crippen molar-refractivity contribution in [1.82, 2.24) is 0 Å². The van der Waals surface area contributed by atoms with Crippen LogP contribution in [0.25, 0.3) is 0 Å². The van der Waals surface area contributed by atoms with E-state index in [9.17, 15) is 4.79 Å². The summed E-state index contributed by atoms with van der Waals surface area (Å²) in [5, 5.41) is 3.32. The first-order valence-corrected chi connectivity index (χ1v) is 7.28. The number of anilines is 2. The van der Waals surface area contributed by atoms with Gasteiger partial charge in [0.05, 0.1) is 0 Å². The van der Waals surface area contributed by atoms with Crippen LogP contribution < -0.4 is 10.2 Å². The van der Waals surface area contributed by atoms with Gasteiger partial charge in [-0.1, -0.05) is 6.07 Å². The minimum absolute atomic E-state index is 0.0368. The summed E-state index contributed by atoms with van der Waals surface area (Å²) in [4.78, 5) is 14.4. The summed E-state index contributed by atoms with van der Waals surface area (Å²) in [5.74, 6) is 0.0368. The van der Waals surface area contributed by atoms with Gasteiger partial charge in [-0.05, 0) is 67.3 Å². The molecule has 21 heavy (non-hydrogen) atoms. The number of benzene rings is 2. The van der Waals surface area contributed by atoms with E-state index in [1.165, 1.54) is 16.7 Å². The second-order valence-corrected chi connectivity index (χ2v) is 5.76. The molecule has 0 bridgehead atoms. The van der Waals surface area contributed by atoms with Crippen LogP contribution >= 0.6 is 0 Å². The quantitative estimate of drug-likeness (QED) is 0.912. The van der Waals surface area contributed by atoms with Crippen molar-refractivity contribution in [3.63, 3.8) is 0 Å². The first kappa shape index (κ1) is 13.7. The molecule has 3 heteroatoms. The van der Waals surface area contributed by atoms with Gasteiger partial charge in [0, 0.05) is 30.5 Å². The van der Waals surface area contributed by atoms with Gasteiger partial charge in [0.15, 0.2) is 0 Å². The van der Waals surface area contributed by atoms with Crippen LogP contribution in [-0.4, -0.2) is 19.5 Å². The van der Waals surface area contributed by atoms with Gasteiger partial charge in [0.25, 0.3) is 5.91 Å². The van der Waals surface area contributed by atoms with Gasteiger partial charge >= 0.3 is 0 Å². The zero-order chi connectivity index (χ0) is 15.0. The molecule has 0 unspecified atom stereocenters. The zero-order valence-electron chi connectivity index (χ0n) is 12.7. The van der Waals surface area contributed by atoms with Crippen molar-refractivity contribution in [2.75, 3.05) is 23.8 Å². The van der Waals surface area contributed by atoms with Crippen LogP contribution in [0.1, 0.15) is 27.0 Å². The number of amides is 1. The number of carbonyl (C=O) groups is 1. The maximum absolute atomic E-state index is 12.7. The number of rotatable bonds is 2. The predicted molar refractivity (Wildman–Crippen MR) is 87.3 cm³/mol. The van der Waals surface area contributed by atoms with Gasteiger partial charge in [-0.2, -0.15) is 0 Å². The zero-order valence-corrected chi connectivity index (χ0v) is 12.7. The van der Waals surface area contributed by atoms with Crippen molar-refractivity contribution < 1.29 is 4.79 Å². The molecule has 0 aromatic heterocycles. The monoisotopic (exact) mass is 280 g/mol. The average molecular weight is 280 g/mol. The SMILES string of the molecule is Cc1cc(C)cc(N(C)C(=O)c2ccc3c(c2)CCN3)c1. The Labute approximate surface area is 125 Å². The Morgan fingerprint density at radius 1 is 1.10 bits per heavy atom. The number of hydrogen-bond donors (Lipinski definition) is 1. The lowest BCUT2D eigenvalue weighted by atomic mass is 10.1. The van der Waals surface area contributed by atoms with Crippen molar-refractivity contribution >= 4 is 17.3 Å². The van der Waals surface area contributed by atoms with Crippen molar-refractivity contribution in [2.24, 2.45) is 0 Å². The summed E-state index contributed by atoms with van der Waals surface area (Å²) < 4.78 is 0. The fourth-order valence-electron chi connectivity index (χ4n) is 2.89. The predicted octanol–water partition coefficient (Wildman–Crippen LogP) is 3.55. The highest BCUT2D eigenvalue weighted by Gasteiger charge is 2.17. The maximum atomic E-state index is 12.7. The van der Waals surface area contributed by atoms with E-state index in [0.29, 0.717) is 0 Å². The molecule has 1 heterocycles. The molecule has 1 aliphatic heterocycles. The molecule has 0 spiro atoms. The molecular weight excluding hydrogens is 260 g/mol. The molecule has 0 atom stereocenters. The van der Waals surface area contributed by atoms with Crippen LogP contribution in [0.2, 0.25) is 0 Å². The molecule has 3 rings (SSSR count). The van der Waals surface area contributed by atoms with E-state index < -0.39 is 0 Å². The third-order valence-electron chi connectivity index (χ3n) is 3.96. The lowest BCUT2D eigenvalue weighted by molar-refractivity contribution is 0.0993. The van der Waals surface area contributed by atoms with Crippen LogP contribution in [-0.2, 0) is 6.42 Å². The van der Waals surface area contributed by atoms with Crippen molar-refractivity contribution in [3.05, 3.63) is 58.7 Å². The van der Waals surface area contributed by atoms with Crippen LogP contribution in [0.15, 0.2) is 36.4 Å². The number of nitrogens with one attached hydrogen (secondary N) is 1. The number of fused-ring (bicyclic) bond motifs is 1. The van der Waals surface area contributed by atoms with E-state index in [1.54, 1.807) is 4.90 Å². The summed E-state index contributed by atoms with van der Waals surface area (Å²) in [6.07, 6.45) is 0.990. The van der Waals surface area contributed by atoms with Gasteiger partial charge < -0.3 is 10.2 Å². The fraction of sp³-hybridized carbons (Fsp3) is 0.278. The molecule has 1 N–H and O–H groups in total. The Hall–Kier alpha value is -2.29. The smallest absolute Gasteiger partial charge is 0.258 e. The Morgan fingerprint density at radius 2 is 1.81 bits per heavy atom. The highest BCUT2D eigenvalue weighted by atomic mass is 16.2. The molecule has 108 valence electrons. The molecule has 0 saturated heterocycles. The second kappa shape index (κ2) is 5.24. The van der Waals surface area contributed by atoms with E-state index in [4.69, 9.17) is 0 Å². The Morgan fingerprint density at radius 3 is 2.52 bits per heavy atom. The molecule has 1 aliphatic rings. The normalized spacial score (nSPS) is 12.7. The summed E-state index contributed by atoms with van der Waals surface area (Å²) in [6, 6.07) is 12.1. The van der Waals surface area contributed by atoms with Gasteiger partial charge in [0.2, 0.25) is 0 Å². The Balaban J connectivity index is 1.90. The largest absolute Gasteiger partial charge is 0.384 e. The highest BCUT2D eigenvalue weighted by molar-refractivity contribution is 6.06. The molecule has 0 fully saturated rings. The first-order valence-electron chi connectivity index (χ1n) is 7.28. The van der Waals surface area contributed by atoms with E-state index in [-0.39, 0.29) is 5.91 Å². The molecule has 0 saturated carbocycles. The Kier molecular flexibility index (Phi) is 3.42. The van der Waals surface area contributed by atoms with Crippen LogP contribution in [0.4, 0.5) is 11.4 Å². The molecule has 0 aliphatic carbocycles. The minimum Gasteiger partial charge on any atom is -0.384 e. The van der Waals surface area contributed by atoms with Gasteiger partial charge in [-0.25, -0.2) is 0 Å². The highest BCUT2D eigenvalue weighted by Crippen LogP contribution is 2.25. The number of hydrogen-bond acceptors (Lipinski definition) is 2. The summed E-state index contributed by atoms with van der Waals surface area (Å²) in [6.45, 7) is 5.06. The minimum atomic E-state index is 0.0368. The number of aryl methyl sites for hydroxylation is 2.